The van der Waals surface area contributed by atoms with Crippen molar-refractivity contribution >= 4 is 23.3 Å². The number of anilines is 2. The number of carbonyl (C=O) groups excluding carboxylic acids is 2. The molecule has 3 heterocycles. The van der Waals surface area contributed by atoms with Crippen molar-refractivity contribution in [2.75, 3.05) is 17.3 Å². The van der Waals surface area contributed by atoms with Gasteiger partial charge in [0.1, 0.15) is 12.0 Å². The summed E-state index contributed by atoms with van der Waals surface area (Å²) < 4.78 is 5.14. The van der Waals surface area contributed by atoms with Crippen molar-refractivity contribution in [3.8, 4) is 0 Å². The van der Waals surface area contributed by atoms with Crippen molar-refractivity contribution in [1.82, 2.24) is 10.3 Å². The SMILES string of the molecule is CN1c2ncccc2C(=O)N[C@H]1c1ccccc1NC(=O)c1ccco1. The lowest BCUT2D eigenvalue weighted by Crippen LogP contribution is -2.45. The molecule has 130 valence electrons. The Morgan fingerprint density at radius 2 is 2.04 bits per heavy atom. The molecule has 1 aromatic carbocycles. The maximum absolute atomic E-state index is 12.5. The predicted molar refractivity (Wildman–Crippen MR) is 96.0 cm³/mol. The standard InChI is InChI=1S/C19H16N4O3/c1-23-16-13(7-4-10-20-16)18(24)22-17(23)12-6-2-3-8-14(12)21-19(25)15-9-5-11-26-15/h2-11,17H,1H3,(H,21,25)(H,22,24)/t17-/m1/s1. The number of benzene rings is 1. The monoisotopic (exact) mass is 348 g/mol. The summed E-state index contributed by atoms with van der Waals surface area (Å²) in [4.78, 5) is 31.0. The van der Waals surface area contributed by atoms with Gasteiger partial charge in [-0.2, -0.15) is 0 Å². The first-order chi connectivity index (χ1) is 12.6. The zero-order valence-corrected chi connectivity index (χ0v) is 14.0. The molecule has 0 aliphatic carbocycles. The minimum Gasteiger partial charge on any atom is -0.459 e. The van der Waals surface area contributed by atoms with Crippen molar-refractivity contribution in [2.24, 2.45) is 0 Å². The molecule has 2 N–H and O–H groups in total. The molecule has 1 aliphatic rings. The van der Waals surface area contributed by atoms with E-state index in [1.54, 1.807) is 36.5 Å². The Balaban J connectivity index is 1.69. The van der Waals surface area contributed by atoms with Crippen LogP contribution < -0.4 is 15.5 Å². The molecule has 3 aromatic rings. The number of amides is 2. The van der Waals surface area contributed by atoms with E-state index in [1.165, 1.54) is 6.26 Å². The number of nitrogens with zero attached hydrogens (tertiary/aromatic N) is 2. The smallest absolute Gasteiger partial charge is 0.291 e. The van der Waals surface area contributed by atoms with Crippen molar-refractivity contribution in [2.45, 2.75) is 6.17 Å². The first-order valence-electron chi connectivity index (χ1n) is 8.07. The topological polar surface area (TPSA) is 87.5 Å². The lowest BCUT2D eigenvalue weighted by atomic mass is 10.0. The Hall–Kier alpha value is -3.61. The van der Waals surface area contributed by atoms with Crippen LogP contribution in [0.2, 0.25) is 0 Å². The predicted octanol–water partition coefficient (Wildman–Crippen LogP) is 2.81. The second kappa shape index (κ2) is 6.36. The van der Waals surface area contributed by atoms with E-state index in [1.807, 2.05) is 30.1 Å². The molecule has 1 atom stereocenters. The Morgan fingerprint density at radius 3 is 2.85 bits per heavy atom. The van der Waals surface area contributed by atoms with Gasteiger partial charge in [0, 0.05) is 24.5 Å². The van der Waals surface area contributed by atoms with E-state index in [2.05, 4.69) is 15.6 Å². The van der Waals surface area contributed by atoms with Gasteiger partial charge in [-0.3, -0.25) is 9.59 Å². The third-order valence-corrected chi connectivity index (χ3v) is 4.27. The molecule has 2 aromatic heterocycles. The molecule has 0 fully saturated rings. The van der Waals surface area contributed by atoms with E-state index in [4.69, 9.17) is 4.42 Å². The Kier molecular flexibility index (Phi) is 3.89. The lowest BCUT2D eigenvalue weighted by molar-refractivity contribution is 0.0927. The first-order valence-corrected chi connectivity index (χ1v) is 8.07. The summed E-state index contributed by atoms with van der Waals surface area (Å²) in [6.45, 7) is 0. The van der Waals surface area contributed by atoms with Crippen LogP contribution in [0, 0.1) is 0 Å². The molecule has 0 saturated heterocycles. The number of aromatic nitrogens is 1. The van der Waals surface area contributed by atoms with Crippen LogP contribution in [0.15, 0.2) is 65.4 Å². The van der Waals surface area contributed by atoms with Gasteiger partial charge in [-0.1, -0.05) is 18.2 Å². The summed E-state index contributed by atoms with van der Waals surface area (Å²) in [6, 6.07) is 14.0. The van der Waals surface area contributed by atoms with Crippen LogP contribution in [0.1, 0.15) is 32.6 Å². The van der Waals surface area contributed by atoms with Crippen LogP contribution in [0.25, 0.3) is 0 Å². The summed E-state index contributed by atoms with van der Waals surface area (Å²) in [6.07, 6.45) is 2.63. The van der Waals surface area contributed by atoms with E-state index in [-0.39, 0.29) is 17.6 Å². The molecular formula is C19H16N4O3. The summed E-state index contributed by atoms with van der Waals surface area (Å²) in [5, 5.41) is 5.80. The molecule has 7 heteroatoms. The molecule has 0 saturated carbocycles. The molecule has 0 radical (unpaired) electrons. The zero-order chi connectivity index (χ0) is 18.1. The molecule has 4 rings (SSSR count). The van der Waals surface area contributed by atoms with Gasteiger partial charge in [0.2, 0.25) is 0 Å². The molecule has 1 aliphatic heterocycles. The largest absolute Gasteiger partial charge is 0.459 e. The number of hydrogen-bond donors (Lipinski definition) is 2. The highest BCUT2D eigenvalue weighted by Gasteiger charge is 2.31. The normalized spacial score (nSPS) is 16.0. The van der Waals surface area contributed by atoms with Gasteiger partial charge in [-0.15, -0.1) is 0 Å². The van der Waals surface area contributed by atoms with Gasteiger partial charge in [0.05, 0.1) is 11.8 Å². The van der Waals surface area contributed by atoms with Gasteiger partial charge in [0.15, 0.2) is 5.76 Å². The second-order valence-corrected chi connectivity index (χ2v) is 5.88. The first kappa shape index (κ1) is 15.9. The molecule has 26 heavy (non-hydrogen) atoms. The lowest BCUT2D eigenvalue weighted by Gasteiger charge is -2.36. The summed E-state index contributed by atoms with van der Waals surface area (Å²) in [5.74, 6) is 0.246. The van der Waals surface area contributed by atoms with Crippen molar-refractivity contribution < 1.29 is 14.0 Å². The second-order valence-electron chi connectivity index (χ2n) is 5.88. The van der Waals surface area contributed by atoms with Crippen molar-refractivity contribution in [3.63, 3.8) is 0 Å². The van der Waals surface area contributed by atoms with E-state index in [9.17, 15) is 9.59 Å². The van der Waals surface area contributed by atoms with Gasteiger partial charge in [-0.25, -0.2) is 4.98 Å². The van der Waals surface area contributed by atoms with Crippen LogP contribution in [0.5, 0.6) is 0 Å². The Labute approximate surface area is 149 Å². The Bertz CT molecular complexity index is 968. The van der Waals surface area contributed by atoms with E-state index in [0.717, 1.165) is 5.56 Å². The van der Waals surface area contributed by atoms with E-state index < -0.39 is 6.17 Å². The minimum absolute atomic E-state index is 0.205. The third kappa shape index (κ3) is 2.69. The average molecular weight is 348 g/mol. The van der Waals surface area contributed by atoms with Gasteiger partial charge in [0.25, 0.3) is 11.8 Å². The quantitative estimate of drug-likeness (QED) is 0.760. The van der Waals surface area contributed by atoms with Crippen LogP contribution in [-0.2, 0) is 0 Å². The number of fused-ring (bicyclic) bond motifs is 1. The number of rotatable bonds is 3. The number of pyridine rings is 1. The fraction of sp³-hybridized carbons (Fsp3) is 0.105. The fourth-order valence-corrected chi connectivity index (χ4v) is 3.00. The molecule has 7 nitrogen and oxygen atoms in total. The van der Waals surface area contributed by atoms with Crippen molar-refractivity contribution in [3.05, 3.63) is 77.9 Å². The Morgan fingerprint density at radius 1 is 1.19 bits per heavy atom. The van der Waals surface area contributed by atoms with Gasteiger partial charge < -0.3 is 20.0 Å². The number of hydrogen-bond acceptors (Lipinski definition) is 5. The van der Waals surface area contributed by atoms with Crippen molar-refractivity contribution in [1.29, 1.82) is 0 Å². The van der Waals surface area contributed by atoms with Crippen LogP contribution in [-0.4, -0.2) is 23.8 Å². The molecule has 2 amide bonds. The number of para-hydroxylation sites is 1. The minimum atomic E-state index is -0.460. The highest BCUT2D eigenvalue weighted by Crippen LogP contribution is 2.33. The number of nitrogens with one attached hydrogen (secondary N) is 2. The van der Waals surface area contributed by atoms with Gasteiger partial charge in [-0.05, 0) is 30.3 Å². The molecule has 0 spiro atoms. The zero-order valence-electron chi connectivity index (χ0n) is 14.0. The number of carbonyl (C=O) groups is 2. The van der Waals surface area contributed by atoms with Crippen LogP contribution in [0.4, 0.5) is 11.5 Å². The summed E-state index contributed by atoms with van der Waals surface area (Å²) >= 11 is 0. The molecule has 0 unspecified atom stereocenters. The summed E-state index contributed by atoms with van der Waals surface area (Å²) in [7, 11) is 1.85. The highest BCUT2D eigenvalue weighted by atomic mass is 16.3. The average Bonchev–Trinajstić information content (AvgIpc) is 3.20. The fourth-order valence-electron chi connectivity index (χ4n) is 3.00. The summed E-state index contributed by atoms with van der Waals surface area (Å²) in [5.41, 5.74) is 1.85. The maximum Gasteiger partial charge on any atom is 0.291 e. The molecule has 0 bridgehead atoms. The van der Waals surface area contributed by atoms with E-state index >= 15 is 0 Å². The van der Waals surface area contributed by atoms with Crippen LogP contribution in [0.3, 0.4) is 0 Å². The van der Waals surface area contributed by atoms with Gasteiger partial charge >= 0.3 is 0 Å². The van der Waals surface area contributed by atoms with Crippen LogP contribution >= 0.6 is 0 Å². The van der Waals surface area contributed by atoms with E-state index in [0.29, 0.717) is 17.1 Å². The third-order valence-electron chi connectivity index (χ3n) is 4.27. The number of furan rings is 1. The molecular weight excluding hydrogens is 332 g/mol. The maximum atomic E-state index is 12.5. The highest BCUT2D eigenvalue weighted by molar-refractivity contribution is 6.03.